The van der Waals surface area contributed by atoms with E-state index in [0.29, 0.717) is 34.0 Å². The highest BCUT2D eigenvalue weighted by atomic mass is 19.1. The number of halogens is 1. The lowest BCUT2D eigenvalue weighted by Crippen LogP contribution is -2.07. The number of hydrogen-bond acceptors (Lipinski definition) is 5. The van der Waals surface area contributed by atoms with Crippen LogP contribution in [0.1, 0.15) is 11.3 Å². The van der Waals surface area contributed by atoms with Crippen LogP contribution >= 0.6 is 0 Å². The Morgan fingerprint density at radius 1 is 0.933 bits per heavy atom. The summed E-state index contributed by atoms with van der Waals surface area (Å²) in [4.78, 5) is 12.9. The zero-order valence-corrected chi connectivity index (χ0v) is 16.5. The summed E-state index contributed by atoms with van der Waals surface area (Å²) in [6.45, 7) is 1.94. The van der Waals surface area contributed by atoms with Gasteiger partial charge >= 0.3 is 0 Å². The van der Waals surface area contributed by atoms with E-state index in [0.717, 1.165) is 5.56 Å². The maximum Gasteiger partial charge on any atom is 0.235 e. The first-order chi connectivity index (χ1) is 14.5. The molecule has 0 radical (unpaired) electrons. The van der Waals surface area contributed by atoms with Crippen molar-refractivity contribution in [2.24, 2.45) is 0 Å². The average molecular weight is 406 g/mol. The second kappa shape index (κ2) is 8.29. The Balaban J connectivity index is 1.60. The van der Waals surface area contributed by atoms with Crippen molar-refractivity contribution in [3.63, 3.8) is 0 Å². The summed E-state index contributed by atoms with van der Waals surface area (Å²) in [6.07, 6.45) is 0. The molecule has 30 heavy (non-hydrogen) atoms. The van der Waals surface area contributed by atoms with Crippen LogP contribution in [0.15, 0.2) is 75.9 Å². The van der Waals surface area contributed by atoms with Crippen molar-refractivity contribution in [3.05, 3.63) is 94.1 Å². The van der Waals surface area contributed by atoms with Crippen molar-refractivity contribution in [2.75, 3.05) is 7.11 Å². The monoisotopic (exact) mass is 406 g/mol. The molecule has 0 spiro atoms. The highest BCUT2D eigenvalue weighted by Gasteiger charge is 2.15. The van der Waals surface area contributed by atoms with Gasteiger partial charge in [0.1, 0.15) is 41.0 Å². The van der Waals surface area contributed by atoms with Gasteiger partial charge in [0, 0.05) is 12.1 Å². The summed E-state index contributed by atoms with van der Waals surface area (Å²) in [5, 5.41) is 0.382. The Morgan fingerprint density at radius 3 is 2.47 bits per heavy atom. The molecule has 1 heterocycles. The highest BCUT2D eigenvalue weighted by Crippen LogP contribution is 2.29. The molecule has 152 valence electrons. The number of aryl methyl sites for hydroxylation is 1. The van der Waals surface area contributed by atoms with Gasteiger partial charge in [0.05, 0.1) is 12.5 Å². The number of methoxy groups -OCH3 is 1. The largest absolute Gasteiger partial charge is 0.497 e. The molecule has 0 saturated carbocycles. The number of fused-ring (bicyclic) bond motifs is 1. The third-order valence-corrected chi connectivity index (χ3v) is 4.57. The molecule has 0 amide bonds. The molecule has 4 rings (SSSR count). The van der Waals surface area contributed by atoms with E-state index in [9.17, 15) is 9.18 Å². The summed E-state index contributed by atoms with van der Waals surface area (Å²) >= 11 is 0. The van der Waals surface area contributed by atoms with Gasteiger partial charge in [-0.3, -0.25) is 4.79 Å². The van der Waals surface area contributed by atoms with Crippen LogP contribution in [0.5, 0.6) is 23.0 Å². The molecule has 0 atom stereocenters. The Kier molecular flexibility index (Phi) is 5.39. The van der Waals surface area contributed by atoms with Crippen LogP contribution in [-0.2, 0) is 6.61 Å². The second-order valence-electron chi connectivity index (χ2n) is 6.67. The third-order valence-electron chi connectivity index (χ3n) is 4.57. The van der Waals surface area contributed by atoms with E-state index in [4.69, 9.17) is 18.6 Å². The fraction of sp³-hybridized carbons (Fsp3) is 0.125. The standard InChI is InChI=1S/C24H19FO5/c1-15-24(30-20-5-3-4-18(12-20)27-2)23(26)21-11-10-19(13-22(21)29-15)28-14-16-6-8-17(25)9-7-16/h3-13H,14H2,1-2H3. The second-order valence-corrected chi connectivity index (χ2v) is 6.67. The van der Waals surface area contributed by atoms with Crippen LogP contribution < -0.4 is 19.6 Å². The van der Waals surface area contributed by atoms with Crippen molar-refractivity contribution < 1.29 is 23.0 Å². The van der Waals surface area contributed by atoms with E-state index in [1.54, 1.807) is 68.6 Å². The van der Waals surface area contributed by atoms with Crippen molar-refractivity contribution in [1.82, 2.24) is 0 Å². The topological polar surface area (TPSA) is 57.9 Å². The summed E-state index contributed by atoms with van der Waals surface area (Å²) in [7, 11) is 1.56. The maximum absolute atomic E-state index is 13.0. The van der Waals surface area contributed by atoms with E-state index in [1.807, 2.05) is 0 Å². The maximum atomic E-state index is 13.0. The Morgan fingerprint density at radius 2 is 1.70 bits per heavy atom. The Bertz CT molecular complexity index is 1240. The zero-order chi connectivity index (χ0) is 21.1. The first-order valence-electron chi connectivity index (χ1n) is 9.30. The fourth-order valence-corrected chi connectivity index (χ4v) is 3.01. The number of benzene rings is 3. The molecular formula is C24H19FO5. The van der Waals surface area contributed by atoms with Gasteiger partial charge in [-0.1, -0.05) is 18.2 Å². The molecule has 3 aromatic carbocycles. The molecule has 0 bridgehead atoms. The van der Waals surface area contributed by atoms with Crippen LogP contribution in [0, 0.1) is 12.7 Å². The number of hydrogen-bond donors (Lipinski definition) is 0. The highest BCUT2D eigenvalue weighted by molar-refractivity contribution is 5.79. The molecule has 0 saturated heterocycles. The van der Waals surface area contributed by atoms with Crippen LogP contribution in [0.2, 0.25) is 0 Å². The van der Waals surface area contributed by atoms with E-state index in [2.05, 4.69) is 0 Å². The van der Waals surface area contributed by atoms with Gasteiger partial charge in [-0.05, 0) is 48.9 Å². The molecule has 1 aromatic heterocycles. The first kappa shape index (κ1) is 19.5. The minimum atomic E-state index is -0.298. The van der Waals surface area contributed by atoms with Gasteiger partial charge in [-0.25, -0.2) is 4.39 Å². The zero-order valence-electron chi connectivity index (χ0n) is 16.5. The SMILES string of the molecule is COc1cccc(Oc2c(C)oc3cc(OCc4ccc(F)cc4)ccc3c2=O)c1. The molecule has 0 N–H and O–H groups in total. The van der Waals surface area contributed by atoms with Crippen molar-refractivity contribution >= 4 is 11.0 Å². The molecule has 6 heteroatoms. The molecule has 0 fully saturated rings. The lowest BCUT2D eigenvalue weighted by Gasteiger charge is -2.11. The van der Waals surface area contributed by atoms with Gasteiger partial charge in [0.25, 0.3) is 0 Å². The van der Waals surface area contributed by atoms with Crippen molar-refractivity contribution in [2.45, 2.75) is 13.5 Å². The molecule has 5 nitrogen and oxygen atoms in total. The van der Waals surface area contributed by atoms with E-state index >= 15 is 0 Å². The molecular weight excluding hydrogens is 387 g/mol. The minimum Gasteiger partial charge on any atom is -0.497 e. The van der Waals surface area contributed by atoms with E-state index < -0.39 is 0 Å². The third kappa shape index (κ3) is 4.12. The smallest absolute Gasteiger partial charge is 0.235 e. The fourth-order valence-electron chi connectivity index (χ4n) is 3.01. The number of ether oxygens (including phenoxy) is 3. The molecule has 0 aliphatic carbocycles. The van der Waals surface area contributed by atoms with Gasteiger partial charge < -0.3 is 18.6 Å². The van der Waals surface area contributed by atoms with Crippen molar-refractivity contribution in [3.8, 4) is 23.0 Å². The van der Waals surface area contributed by atoms with Gasteiger partial charge in [0.2, 0.25) is 11.2 Å². The molecule has 0 unspecified atom stereocenters. The average Bonchev–Trinajstić information content (AvgIpc) is 2.76. The first-order valence-corrected chi connectivity index (χ1v) is 9.30. The molecule has 0 aliphatic heterocycles. The minimum absolute atomic E-state index is 0.121. The van der Waals surface area contributed by atoms with Crippen molar-refractivity contribution in [1.29, 1.82) is 0 Å². The number of rotatable bonds is 6. The van der Waals surface area contributed by atoms with E-state index in [1.165, 1.54) is 12.1 Å². The predicted octanol–water partition coefficient (Wildman–Crippen LogP) is 5.62. The Hall–Kier alpha value is -3.80. The normalized spacial score (nSPS) is 10.8. The summed E-state index contributed by atoms with van der Waals surface area (Å²) in [5.41, 5.74) is 0.949. The molecule has 0 aliphatic rings. The van der Waals surface area contributed by atoms with Crippen LogP contribution in [-0.4, -0.2) is 7.11 Å². The Labute approximate surface area is 172 Å². The predicted molar refractivity (Wildman–Crippen MR) is 111 cm³/mol. The lowest BCUT2D eigenvalue weighted by molar-refractivity contribution is 0.306. The summed E-state index contributed by atoms with van der Waals surface area (Å²) < 4.78 is 35.5. The summed E-state index contributed by atoms with van der Waals surface area (Å²) in [5.74, 6) is 1.81. The lowest BCUT2D eigenvalue weighted by atomic mass is 10.2. The van der Waals surface area contributed by atoms with Gasteiger partial charge in [-0.15, -0.1) is 0 Å². The summed E-state index contributed by atoms with van der Waals surface area (Å²) in [6, 6.07) is 18.0. The van der Waals surface area contributed by atoms with Crippen LogP contribution in [0.4, 0.5) is 4.39 Å². The quantitative estimate of drug-likeness (QED) is 0.416. The van der Waals surface area contributed by atoms with Crippen LogP contribution in [0.25, 0.3) is 11.0 Å². The van der Waals surface area contributed by atoms with Gasteiger partial charge in [-0.2, -0.15) is 0 Å². The van der Waals surface area contributed by atoms with E-state index in [-0.39, 0.29) is 23.6 Å². The van der Waals surface area contributed by atoms with Gasteiger partial charge in [0.15, 0.2) is 0 Å². The van der Waals surface area contributed by atoms with Crippen LogP contribution in [0.3, 0.4) is 0 Å². The molecule has 4 aromatic rings.